The van der Waals surface area contributed by atoms with Crippen LogP contribution in [0.4, 0.5) is 0 Å². The number of hydrogen-bond acceptors (Lipinski definition) is 0. The summed E-state index contributed by atoms with van der Waals surface area (Å²) in [5.74, 6) is 0. The summed E-state index contributed by atoms with van der Waals surface area (Å²) in [7, 11) is -1.00. The largest absolute Gasteiger partial charge is 0.0958 e. The molecule has 0 unspecified atom stereocenters. The van der Waals surface area contributed by atoms with Gasteiger partial charge in [0.05, 0.1) is 8.07 Å². The maximum atomic E-state index is 2.65. The molecular weight excluding hydrogens is 208 g/mol. The zero-order chi connectivity index (χ0) is 12.4. The Balaban J connectivity index is 4.05. The van der Waals surface area contributed by atoms with Crippen molar-refractivity contribution in [2.24, 2.45) is 0 Å². The van der Waals surface area contributed by atoms with Crippen molar-refractivity contribution in [3.8, 4) is 0 Å². The van der Waals surface area contributed by atoms with Crippen molar-refractivity contribution >= 4 is 8.07 Å². The SMILES string of the molecule is CCCCCC/C(=C/[Si](C)(C)C)CCCC. The van der Waals surface area contributed by atoms with Crippen LogP contribution in [-0.2, 0) is 0 Å². The van der Waals surface area contributed by atoms with Crippen LogP contribution >= 0.6 is 0 Å². The molecule has 0 heterocycles. The second-order valence-corrected chi connectivity index (χ2v) is 11.1. The molecule has 0 atom stereocenters. The van der Waals surface area contributed by atoms with E-state index in [1.54, 1.807) is 5.57 Å². The highest BCUT2D eigenvalue weighted by molar-refractivity contribution is 6.81. The van der Waals surface area contributed by atoms with Crippen molar-refractivity contribution in [1.29, 1.82) is 0 Å². The third kappa shape index (κ3) is 10.5. The fourth-order valence-corrected chi connectivity index (χ4v) is 3.58. The first kappa shape index (κ1) is 16.0. The minimum absolute atomic E-state index is 1.00. The highest BCUT2D eigenvalue weighted by atomic mass is 28.3. The Morgan fingerprint density at radius 1 is 0.812 bits per heavy atom. The molecular formula is C15H32Si. The first-order valence-corrected chi connectivity index (χ1v) is 10.8. The molecule has 0 saturated carbocycles. The van der Waals surface area contributed by atoms with Crippen LogP contribution in [0.25, 0.3) is 0 Å². The van der Waals surface area contributed by atoms with Gasteiger partial charge in [-0.05, 0) is 25.7 Å². The van der Waals surface area contributed by atoms with E-state index in [4.69, 9.17) is 0 Å². The van der Waals surface area contributed by atoms with Crippen molar-refractivity contribution in [3.63, 3.8) is 0 Å². The molecule has 0 aromatic heterocycles. The smallest absolute Gasteiger partial charge is 0.0686 e. The van der Waals surface area contributed by atoms with E-state index >= 15 is 0 Å². The molecule has 16 heavy (non-hydrogen) atoms. The van der Waals surface area contributed by atoms with Gasteiger partial charge < -0.3 is 0 Å². The molecule has 0 aromatic carbocycles. The normalized spacial score (nSPS) is 13.2. The van der Waals surface area contributed by atoms with Crippen LogP contribution in [0.5, 0.6) is 0 Å². The average Bonchev–Trinajstić information content (AvgIpc) is 2.18. The Morgan fingerprint density at radius 2 is 1.38 bits per heavy atom. The molecule has 0 aliphatic rings. The van der Waals surface area contributed by atoms with Crippen LogP contribution in [0.1, 0.15) is 65.2 Å². The second kappa shape index (κ2) is 9.04. The van der Waals surface area contributed by atoms with Gasteiger partial charge in [-0.25, -0.2) is 0 Å². The van der Waals surface area contributed by atoms with Gasteiger partial charge in [-0.3, -0.25) is 0 Å². The number of hydrogen-bond donors (Lipinski definition) is 0. The molecule has 0 bridgehead atoms. The van der Waals surface area contributed by atoms with Crippen LogP contribution < -0.4 is 0 Å². The maximum absolute atomic E-state index is 2.65. The van der Waals surface area contributed by atoms with E-state index in [9.17, 15) is 0 Å². The molecule has 96 valence electrons. The summed E-state index contributed by atoms with van der Waals surface area (Å²) in [6.45, 7) is 11.9. The monoisotopic (exact) mass is 240 g/mol. The summed E-state index contributed by atoms with van der Waals surface area (Å²) in [5.41, 5.74) is 4.41. The summed E-state index contributed by atoms with van der Waals surface area (Å²) >= 11 is 0. The van der Waals surface area contributed by atoms with Crippen molar-refractivity contribution in [3.05, 3.63) is 11.3 Å². The Bertz CT molecular complexity index is 186. The molecule has 0 aromatic rings. The lowest BCUT2D eigenvalue weighted by Crippen LogP contribution is -2.17. The molecule has 0 radical (unpaired) electrons. The predicted molar refractivity (Wildman–Crippen MR) is 79.7 cm³/mol. The minimum Gasteiger partial charge on any atom is -0.0958 e. The molecule has 1 heteroatoms. The second-order valence-electron chi connectivity index (χ2n) is 6.08. The molecule has 0 rings (SSSR count). The lowest BCUT2D eigenvalue weighted by atomic mass is 10.0. The minimum atomic E-state index is -1.00. The predicted octanol–water partition coefficient (Wildman–Crippen LogP) is 5.95. The third-order valence-electron chi connectivity index (χ3n) is 2.84. The topological polar surface area (TPSA) is 0 Å². The van der Waals surface area contributed by atoms with Gasteiger partial charge in [0.25, 0.3) is 0 Å². The van der Waals surface area contributed by atoms with Crippen molar-refractivity contribution in [2.45, 2.75) is 84.9 Å². The van der Waals surface area contributed by atoms with Gasteiger partial charge in [0.15, 0.2) is 0 Å². The van der Waals surface area contributed by atoms with Crippen LogP contribution in [0.2, 0.25) is 19.6 Å². The van der Waals surface area contributed by atoms with Gasteiger partial charge in [-0.2, -0.15) is 0 Å². The van der Waals surface area contributed by atoms with Crippen molar-refractivity contribution < 1.29 is 0 Å². The quantitative estimate of drug-likeness (QED) is 0.345. The molecule has 0 aliphatic heterocycles. The standard InChI is InChI=1S/C15H32Si/c1-6-8-10-11-13-15(12-9-7-2)14-16(3,4)5/h14H,6-13H2,1-5H3/b15-14+. The van der Waals surface area contributed by atoms with Gasteiger partial charge in [0.2, 0.25) is 0 Å². The van der Waals surface area contributed by atoms with Gasteiger partial charge in [0.1, 0.15) is 0 Å². The summed E-state index contributed by atoms with van der Waals surface area (Å²) in [5, 5.41) is 0. The van der Waals surface area contributed by atoms with Gasteiger partial charge in [-0.1, -0.05) is 70.4 Å². The summed E-state index contributed by atoms with van der Waals surface area (Å²) in [6, 6.07) is 0. The maximum Gasteiger partial charge on any atom is 0.0686 e. The van der Waals surface area contributed by atoms with Crippen LogP contribution in [0.3, 0.4) is 0 Å². The van der Waals surface area contributed by atoms with Gasteiger partial charge in [-0.15, -0.1) is 0 Å². The van der Waals surface area contributed by atoms with E-state index < -0.39 is 8.07 Å². The van der Waals surface area contributed by atoms with Crippen molar-refractivity contribution in [1.82, 2.24) is 0 Å². The summed E-state index contributed by atoms with van der Waals surface area (Å²) in [4.78, 5) is 0. The Morgan fingerprint density at radius 3 is 1.88 bits per heavy atom. The van der Waals surface area contributed by atoms with E-state index in [1.165, 1.54) is 51.4 Å². The fraction of sp³-hybridized carbons (Fsp3) is 0.867. The molecule has 0 fully saturated rings. The average molecular weight is 241 g/mol. The zero-order valence-electron chi connectivity index (χ0n) is 12.2. The summed E-state index contributed by atoms with van der Waals surface area (Å²) in [6.07, 6.45) is 11.0. The molecule has 0 saturated heterocycles. The highest BCUT2D eigenvalue weighted by Gasteiger charge is 2.10. The van der Waals surface area contributed by atoms with Gasteiger partial charge in [0, 0.05) is 0 Å². The van der Waals surface area contributed by atoms with E-state index in [-0.39, 0.29) is 0 Å². The molecule has 0 amide bonds. The Labute approximate surface area is 105 Å². The molecule has 0 N–H and O–H groups in total. The third-order valence-corrected chi connectivity index (χ3v) is 4.11. The van der Waals surface area contributed by atoms with E-state index in [2.05, 4.69) is 39.2 Å². The van der Waals surface area contributed by atoms with Crippen molar-refractivity contribution in [2.75, 3.05) is 0 Å². The van der Waals surface area contributed by atoms with Crippen LogP contribution in [0, 0.1) is 0 Å². The van der Waals surface area contributed by atoms with E-state index in [0.29, 0.717) is 0 Å². The molecule has 0 spiro atoms. The fourth-order valence-electron chi connectivity index (χ4n) is 2.06. The lowest BCUT2D eigenvalue weighted by Gasteiger charge is -2.15. The van der Waals surface area contributed by atoms with E-state index in [0.717, 1.165) is 0 Å². The zero-order valence-corrected chi connectivity index (χ0v) is 13.2. The highest BCUT2D eigenvalue weighted by Crippen LogP contribution is 2.19. The molecule has 0 nitrogen and oxygen atoms in total. The summed E-state index contributed by atoms with van der Waals surface area (Å²) < 4.78 is 0. The first-order chi connectivity index (χ1) is 7.49. The van der Waals surface area contributed by atoms with E-state index in [1.807, 2.05) is 0 Å². The van der Waals surface area contributed by atoms with Gasteiger partial charge >= 0.3 is 0 Å². The Kier molecular flexibility index (Phi) is 9.01. The number of allylic oxidation sites excluding steroid dienone is 1. The first-order valence-electron chi connectivity index (χ1n) is 7.20. The lowest BCUT2D eigenvalue weighted by molar-refractivity contribution is 0.646. The number of rotatable bonds is 9. The van der Waals surface area contributed by atoms with Crippen LogP contribution in [-0.4, -0.2) is 8.07 Å². The van der Waals surface area contributed by atoms with Crippen LogP contribution in [0.15, 0.2) is 11.3 Å². The molecule has 0 aliphatic carbocycles. The number of unbranched alkanes of at least 4 members (excludes halogenated alkanes) is 4. The Hall–Kier alpha value is -0.0431.